The van der Waals surface area contributed by atoms with Gasteiger partial charge < -0.3 is 14.6 Å². The summed E-state index contributed by atoms with van der Waals surface area (Å²) >= 11 is 0. The largest absolute Gasteiger partial charge is 0.378 e. The zero-order chi connectivity index (χ0) is 17.4. The van der Waals surface area contributed by atoms with Crippen LogP contribution in [-0.4, -0.2) is 36.3 Å². The highest BCUT2D eigenvalue weighted by Gasteiger charge is 2.22. The molecule has 0 atom stereocenters. The van der Waals surface area contributed by atoms with Crippen LogP contribution in [0.3, 0.4) is 0 Å². The number of nitrogens with one attached hydrogen (secondary N) is 1. The number of halogens is 1. The van der Waals surface area contributed by atoms with Gasteiger partial charge in [-0.05, 0) is 30.2 Å². The van der Waals surface area contributed by atoms with Gasteiger partial charge >= 0.3 is 0 Å². The van der Waals surface area contributed by atoms with Crippen molar-refractivity contribution in [3.63, 3.8) is 0 Å². The summed E-state index contributed by atoms with van der Waals surface area (Å²) in [7, 11) is 0. The van der Waals surface area contributed by atoms with E-state index in [1.54, 1.807) is 6.20 Å². The van der Waals surface area contributed by atoms with E-state index in [4.69, 9.17) is 4.74 Å². The quantitative estimate of drug-likeness (QED) is 0.779. The second-order valence-electron chi connectivity index (χ2n) is 6.17. The van der Waals surface area contributed by atoms with Gasteiger partial charge in [-0.3, -0.25) is 0 Å². The van der Waals surface area contributed by atoms with Crippen LogP contribution in [0.4, 0.5) is 10.1 Å². The fourth-order valence-corrected chi connectivity index (χ4v) is 3.40. The number of pyridine rings is 1. The lowest BCUT2D eigenvalue weighted by Gasteiger charge is -2.30. The van der Waals surface area contributed by atoms with Crippen LogP contribution in [0.25, 0.3) is 22.2 Å². The minimum atomic E-state index is -0.276. The minimum absolute atomic E-state index is 0.276. The summed E-state index contributed by atoms with van der Waals surface area (Å²) in [4.78, 5) is 9.67. The molecule has 2 aromatic heterocycles. The molecule has 126 valence electrons. The molecule has 0 aliphatic carbocycles. The van der Waals surface area contributed by atoms with Gasteiger partial charge in [0.15, 0.2) is 0 Å². The van der Waals surface area contributed by atoms with Crippen LogP contribution in [-0.2, 0) is 4.74 Å². The molecule has 5 nitrogen and oxygen atoms in total. The maximum Gasteiger partial charge on any atom is 0.140 e. The van der Waals surface area contributed by atoms with Crippen LogP contribution >= 0.6 is 0 Å². The minimum Gasteiger partial charge on any atom is -0.378 e. The Balaban J connectivity index is 1.99. The van der Waals surface area contributed by atoms with Crippen molar-refractivity contribution in [3.8, 4) is 17.2 Å². The van der Waals surface area contributed by atoms with Crippen LogP contribution in [0.1, 0.15) is 11.1 Å². The van der Waals surface area contributed by atoms with Crippen molar-refractivity contribution < 1.29 is 9.13 Å². The van der Waals surface area contributed by atoms with Crippen LogP contribution in [0.2, 0.25) is 0 Å². The third-order valence-electron chi connectivity index (χ3n) is 4.47. The summed E-state index contributed by atoms with van der Waals surface area (Å²) in [5.74, 6) is -0.276. The van der Waals surface area contributed by atoms with Gasteiger partial charge in [-0.2, -0.15) is 5.26 Å². The monoisotopic (exact) mass is 336 g/mol. The Kier molecular flexibility index (Phi) is 3.86. The van der Waals surface area contributed by atoms with Gasteiger partial charge in [0.1, 0.15) is 17.5 Å². The first kappa shape index (κ1) is 15.6. The molecule has 0 bridgehead atoms. The van der Waals surface area contributed by atoms with E-state index in [-0.39, 0.29) is 5.82 Å². The molecule has 0 radical (unpaired) electrons. The molecule has 1 fully saturated rings. The highest BCUT2D eigenvalue weighted by atomic mass is 19.1. The molecule has 3 heterocycles. The summed E-state index contributed by atoms with van der Waals surface area (Å²) in [5.41, 5.74) is 4.52. The van der Waals surface area contributed by atoms with Crippen molar-refractivity contribution in [2.24, 2.45) is 0 Å². The normalized spacial score (nSPS) is 14.7. The number of ether oxygens (including phenoxy) is 1. The first-order chi connectivity index (χ1) is 12.2. The first-order valence-electron chi connectivity index (χ1n) is 8.18. The maximum atomic E-state index is 13.9. The number of hydrogen-bond acceptors (Lipinski definition) is 4. The Morgan fingerprint density at radius 1 is 1.28 bits per heavy atom. The number of rotatable bonds is 2. The molecule has 6 heteroatoms. The van der Waals surface area contributed by atoms with Crippen LogP contribution in [0.15, 0.2) is 30.6 Å². The summed E-state index contributed by atoms with van der Waals surface area (Å²) in [6.45, 7) is 4.52. The first-order valence-corrected chi connectivity index (χ1v) is 8.18. The van der Waals surface area contributed by atoms with Gasteiger partial charge in [-0.1, -0.05) is 6.07 Å². The molecule has 1 aliphatic rings. The predicted molar refractivity (Wildman–Crippen MR) is 94.0 cm³/mol. The van der Waals surface area contributed by atoms with Gasteiger partial charge in [0, 0.05) is 31.0 Å². The molecule has 1 aliphatic heterocycles. The zero-order valence-corrected chi connectivity index (χ0v) is 13.8. The number of hydrogen-bond donors (Lipinski definition) is 1. The average molecular weight is 336 g/mol. The standard InChI is InChI=1S/C19H17FN4O/c1-12-6-13(8-15(20)7-12)16-11-23-19-17(16)18(14(9-21)10-22-19)24-2-4-25-5-3-24/h6-8,10-11H,2-5H2,1H3,(H,22,23). The van der Waals surface area contributed by atoms with E-state index in [9.17, 15) is 9.65 Å². The number of morpholine rings is 1. The van der Waals surface area contributed by atoms with Gasteiger partial charge in [0.2, 0.25) is 0 Å². The fraction of sp³-hybridized carbons (Fsp3) is 0.263. The van der Waals surface area contributed by atoms with E-state index < -0.39 is 0 Å². The Hall–Kier alpha value is -2.91. The lowest BCUT2D eigenvalue weighted by molar-refractivity contribution is 0.123. The second kappa shape index (κ2) is 6.19. The van der Waals surface area contributed by atoms with Crippen LogP contribution in [0, 0.1) is 24.1 Å². The molecule has 3 aromatic rings. The number of anilines is 1. The average Bonchev–Trinajstić information content (AvgIpc) is 3.05. The van der Waals surface area contributed by atoms with Crippen molar-refractivity contribution in [3.05, 3.63) is 47.5 Å². The molecule has 0 unspecified atom stereocenters. The number of nitriles is 1. The molecule has 1 saturated heterocycles. The molecule has 0 amide bonds. The number of aryl methyl sites for hydroxylation is 1. The summed E-state index contributed by atoms with van der Waals surface area (Å²) < 4.78 is 19.4. The van der Waals surface area contributed by atoms with Crippen molar-refractivity contribution in [1.82, 2.24) is 9.97 Å². The van der Waals surface area contributed by atoms with E-state index in [0.29, 0.717) is 37.5 Å². The van der Waals surface area contributed by atoms with E-state index in [0.717, 1.165) is 27.8 Å². The lowest BCUT2D eigenvalue weighted by Crippen LogP contribution is -2.36. The predicted octanol–water partition coefficient (Wildman–Crippen LogP) is 3.39. The molecule has 1 aromatic carbocycles. The van der Waals surface area contributed by atoms with E-state index in [1.807, 2.05) is 19.2 Å². The smallest absolute Gasteiger partial charge is 0.140 e. The molecule has 1 N–H and O–H groups in total. The highest BCUT2D eigenvalue weighted by molar-refractivity contribution is 6.04. The summed E-state index contributed by atoms with van der Waals surface area (Å²) in [5, 5.41) is 10.4. The molecule has 0 spiro atoms. The van der Waals surface area contributed by atoms with Gasteiger partial charge in [-0.25, -0.2) is 9.37 Å². The maximum absolute atomic E-state index is 13.9. The molecular formula is C19H17FN4O. The van der Waals surface area contributed by atoms with Crippen molar-refractivity contribution in [1.29, 1.82) is 5.26 Å². The summed E-state index contributed by atoms with van der Waals surface area (Å²) in [6, 6.07) is 7.19. The van der Waals surface area contributed by atoms with Crippen LogP contribution in [0.5, 0.6) is 0 Å². The number of fused-ring (bicyclic) bond motifs is 1. The summed E-state index contributed by atoms with van der Waals surface area (Å²) in [6.07, 6.45) is 3.42. The van der Waals surface area contributed by atoms with Crippen LogP contribution < -0.4 is 4.90 Å². The Labute approximate surface area is 144 Å². The Morgan fingerprint density at radius 3 is 2.80 bits per heavy atom. The van der Waals surface area contributed by atoms with E-state index in [2.05, 4.69) is 20.9 Å². The number of nitrogens with zero attached hydrogens (tertiary/aromatic N) is 3. The van der Waals surface area contributed by atoms with Gasteiger partial charge in [0.25, 0.3) is 0 Å². The van der Waals surface area contributed by atoms with Crippen molar-refractivity contribution >= 4 is 16.7 Å². The molecular weight excluding hydrogens is 319 g/mol. The Morgan fingerprint density at radius 2 is 2.08 bits per heavy atom. The number of aromatic amines is 1. The second-order valence-corrected chi connectivity index (χ2v) is 6.17. The molecule has 4 rings (SSSR count). The van der Waals surface area contributed by atoms with Crippen molar-refractivity contribution in [2.45, 2.75) is 6.92 Å². The van der Waals surface area contributed by atoms with E-state index in [1.165, 1.54) is 12.1 Å². The SMILES string of the molecule is Cc1cc(F)cc(-c2c[nH]c3ncc(C#N)c(N4CCOCC4)c23)c1. The number of aromatic nitrogens is 2. The van der Waals surface area contributed by atoms with Gasteiger partial charge in [-0.15, -0.1) is 0 Å². The molecule has 25 heavy (non-hydrogen) atoms. The third kappa shape index (κ3) is 2.73. The number of H-pyrrole nitrogens is 1. The Bertz CT molecular complexity index is 963. The van der Waals surface area contributed by atoms with E-state index >= 15 is 0 Å². The third-order valence-corrected chi connectivity index (χ3v) is 4.47. The molecule has 0 saturated carbocycles. The highest BCUT2D eigenvalue weighted by Crippen LogP contribution is 2.37. The van der Waals surface area contributed by atoms with Crippen molar-refractivity contribution in [2.75, 3.05) is 31.2 Å². The fourth-order valence-electron chi connectivity index (χ4n) is 3.40. The lowest BCUT2D eigenvalue weighted by atomic mass is 10.0. The van der Waals surface area contributed by atoms with Gasteiger partial charge in [0.05, 0.1) is 29.9 Å². The number of benzene rings is 1. The zero-order valence-electron chi connectivity index (χ0n) is 13.8. The topological polar surface area (TPSA) is 64.9 Å².